The van der Waals surface area contributed by atoms with Crippen molar-refractivity contribution in [2.75, 3.05) is 24.5 Å². The number of nitro groups is 1. The largest absolute Gasteiger partial charge is 0.449 e. The number of fused-ring (bicyclic) bond motifs is 3. The molecule has 152 valence electrons. The number of hydrogen-bond donors (Lipinski definition) is 0. The third-order valence-corrected chi connectivity index (χ3v) is 4.93. The summed E-state index contributed by atoms with van der Waals surface area (Å²) >= 11 is 0. The average Bonchev–Trinajstić information content (AvgIpc) is 3.05. The molecule has 3 aromatic rings. The van der Waals surface area contributed by atoms with E-state index in [4.69, 9.17) is 4.42 Å². The molecule has 8 heteroatoms. The van der Waals surface area contributed by atoms with Crippen molar-refractivity contribution in [3.05, 3.63) is 82.1 Å². The van der Waals surface area contributed by atoms with Gasteiger partial charge in [-0.25, -0.2) is 0 Å². The van der Waals surface area contributed by atoms with Gasteiger partial charge in [0.05, 0.1) is 16.0 Å². The van der Waals surface area contributed by atoms with Crippen molar-refractivity contribution >= 4 is 34.2 Å². The molecule has 2 aromatic carbocycles. The van der Waals surface area contributed by atoms with Crippen LogP contribution in [0.3, 0.4) is 0 Å². The SMILES string of the molecule is C=C(C)CN1CCN(C(=O)c2ccccc2)C(=O)c2oc3ccc([N+](=O)[O-])cc3c21. The summed E-state index contributed by atoms with van der Waals surface area (Å²) in [5.41, 5.74) is 1.93. The van der Waals surface area contributed by atoms with E-state index in [1.165, 1.54) is 18.2 Å². The molecule has 0 radical (unpaired) electrons. The zero-order valence-corrected chi connectivity index (χ0v) is 16.3. The first kappa shape index (κ1) is 19.4. The van der Waals surface area contributed by atoms with Gasteiger partial charge in [-0.2, -0.15) is 0 Å². The fourth-order valence-electron chi connectivity index (χ4n) is 3.62. The Labute approximate surface area is 172 Å². The number of carbonyl (C=O) groups is 2. The van der Waals surface area contributed by atoms with Crippen LogP contribution in [0.4, 0.5) is 11.4 Å². The Morgan fingerprint density at radius 1 is 1.20 bits per heavy atom. The van der Waals surface area contributed by atoms with Crippen LogP contribution in [0.15, 0.2) is 65.1 Å². The van der Waals surface area contributed by atoms with Gasteiger partial charge >= 0.3 is 0 Å². The summed E-state index contributed by atoms with van der Waals surface area (Å²) in [4.78, 5) is 40.1. The zero-order valence-electron chi connectivity index (χ0n) is 16.3. The van der Waals surface area contributed by atoms with Gasteiger partial charge in [0, 0.05) is 37.3 Å². The van der Waals surface area contributed by atoms with E-state index < -0.39 is 16.7 Å². The molecule has 0 aliphatic carbocycles. The maximum Gasteiger partial charge on any atom is 0.298 e. The molecule has 1 aromatic heterocycles. The lowest BCUT2D eigenvalue weighted by Gasteiger charge is -2.23. The number of rotatable bonds is 4. The maximum absolute atomic E-state index is 13.3. The van der Waals surface area contributed by atoms with Crippen LogP contribution in [0.25, 0.3) is 11.0 Å². The number of furan rings is 1. The highest BCUT2D eigenvalue weighted by molar-refractivity contribution is 6.15. The normalized spacial score (nSPS) is 13.8. The number of hydrogen-bond acceptors (Lipinski definition) is 6. The van der Waals surface area contributed by atoms with Crippen LogP contribution in [0.2, 0.25) is 0 Å². The molecule has 0 atom stereocenters. The summed E-state index contributed by atoms with van der Waals surface area (Å²) < 4.78 is 5.81. The van der Waals surface area contributed by atoms with E-state index >= 15 is 0 Å². The molecule has 2 heterocycles. The number of nitro benzene ring substituents is 1. The predicted octanol–water partition coefficient (Wildman–Crippen LogP) is 4.02. The van der Waals surface area contributed by atoms with Gasteiger partial charge in [-0.3, -0.25) is 24.6 Å². The van der Waals surface area contributed by atoms with Crippen molar-refractivity contribution in [2.45, 2.75) is 6.92 Å². The molecule has 30 heavy (non-hydrogen) atoms. The van der Waals surface area contributed by atoms with E-state index in [1.807, 2.05) is 11.8 Å². The predicted molar refractivity (Wildman–Crippen MR) is 112 cm³/mol. The van der Waals surface area contributed by atoms with Gasteiger partial charge < -0.3 is 9.32 Å². The fourth-order valence-corrected chi connectivity index (χ4v) is 3.62. The molecule has 0 unspecified atom stereocenters. The molecular weight excluding hydrogens is 386 g/mol. The molecule has 0 bridgehead atoms. The van der Waals surface area contributed by atoms with E-state index in [2.05, 4.69) is 6.58 Å². The number of non-ortho nitro benzene ring substituents is 1. The minimum Gasteiger partial charge on any atom is -0.449 e. The third kappa shape index (κ3) is 3.32. The molecule has 1 aliphatic heterocycles. The van der Waals surface area contributed by atoms with E-state index in [0.717, 1.165) is 10.5 Å². The monoisotopic (exact) mass is 405 g/mol. The summed E-state index contributed by atoms with van der Waals surface area (Å²) in [7, 11) is 0. The van der Waals surface area contributed by atoms with Crippen molar-refractivity contribution in [1.82, 2.24) is 4.90 Å². The number of anilines is 1. The second-order valence-corrected chi connectivity index (χ2v) is 7.22. The molecule has 0 N–H and O–H groups in total. The van der Waals surface area contributed by atoms with E-state index in [9.17, 15) is 19.7 Å². The smallest absolute Gasteiger partial charge is 0.298 e. The molecular formula is C22H19N3O5. The summed E-state index contributed by atoms with van der Waals surface area (Å²) in [6.45, 7) is 6.71. The lowest BCUT2D eigenvalue weighted by molar-refractivity contribution is -0.384. The lowest BCUT2D eigenvalue weighted by Crippen LogP contribution is -2.39. The van der Waals surface area contributed by atoms with Gasteiger partial charge in [-0.1, -0.05) is 30.4 Å². The first-order chi connectivity index (χ1) is 14.4. The van der Waals surface area contributed by atoms with Crippen molar-refractivity contribution in [3.63, 3.8) is 0 Å². The molecule has 0 fully saturated rings. The maximum atomic E-state index is 13.3. The van der Waals surface area contributed by atoms with Gasteiger partial charge in [-0.05, 0) is 25.1 Å². The second-order valence-electron chi connectivity index (χ2n) is 7.22. The van der Waals surface area contributed by atoms with E-state index in [-0.39, 0.29) is 18.0 Å². The third-order valence-electron chi connectivity index (χ3n) is 4.93. The number of carbonyl (C=O) groups excluding carboxylic acids is 2. The summed E-state index contributed by atoms with van der Waals surface area (Å²) in [6, 6.07) is 12.7. The number of imide groups is 1. The molecule has 8 nitrogen and oxygen atoms in total. The van der Waals surface area contributed by atoms with Crippen LogP contribution < -0.4 is 4.90 Å². The molecule has 0 saturated heterocycles. The Balaban J connectivity index is 1.86. The molecule has 0 saturated carbocycles. The van der Waals surface area contributed by atoms with Crippen molar-refractivity contribution in [3.8, 4) is 0 Å². The average molecular weight is 405 g/mol. The van der Waals surface area contributed by atoms with Crippen LogP contribution in [0.1, 0.15) is 27.8 Å². The molecule has 4 rings (SSSR count). The topological polar surface area (TPSA) is 96.9 Å². The number of amides is 2. The quantitative estimate of drug-likeness (QED) is 0.281. The van der Waals surface area contributed by atoms with Crippen LogP contribution >= 0.6 is 0 Å². The number of nitrogens with zero attached hydrogens (tertiary/aromatic N) is 3. The zero-order chi connectivity index (χ0) is 21.4. The highest BCUT2D eigenvalue weighted by Crippen LogP contribution is 2.38. The Morgan fingerprint density at radius 3 is 2.60 bits per heavy atom. The van der Waals surface area contributed by atoms with Crippen molar-refractivity contribution in [2.24, 2.45) is 0 Å². The summed E-state index contributed by atoms with van der Waals surface area (Å²) in [5.74, 6) is -0.995. The first-order valence-corrected chi connectivity index (χ1v) is 9.38. The van der Waals surface area contributed by atoms with Crippen molar-refractivity contribution in [1.29, 1.82) is 0 Å². The second kappa shape index (κ2) is 7.47. The van der Waals surface area contributed by atoms with Gasteiger partial charge in [0.15, 0.2) is 0 Å². The Kier molecular flexibility index (Phi) is 4.83. The van der Waals surface area contributed by atoms with Gasteiger partial charge in [-0.15, -0.1) is 0 Å². The minimum atomic E-state index is -0.568. The van der Waals surface area contributed by atoms with Gasteiger partial charge in [0.2, 0.25) is 5.76 Å². The number of benzene rings is 2. The molecule has 1 aliphatic rings. The first-order valence-electron chi connectivity index (χ1n) is 9.38. The summed E-state index contributed by atoms with van der Waals surface area (Å²) in [5, 5.41) is 11.7. The van der Waals surface area contributed by atoms with Crippen molar-refractivity contribution < 1.29 is 18.9 Å². The van der Waals surface area contributed by atoms with E-state index in [1.54, 1.807) is 30.3 Å². The Morgan fingerprint density at radius 2 is 1.93 bits per heavy atom. The minimum absolute atomic E-state index is 0.00599. The molecule has 2 amide bonds. The van der Waals surface area contributed by atoms with Crippen LogP contribution in [0, 0.1) is 10.1 Å². The van der Waals surface area contributed by atoms with E-state index in [0.29, 0.717) is 35.3 Å². The van der Waals surface area contributed by atoms with Crippen LogP contribution in [0.5, 0.6) is 0 Å². The Hall–Kier alpha value is -3.94. The summed E-state index contributed by atoms with van der Waals surface area (Å²) in [6.07, 6.45) is 0. The fraction of sp³-hybridized carbons (Fsp3) is 0.182. The highest BCUT2D eigenvalue weighted by Gasteiger charge is 2.35. The van der Waals surface area contributed by atoms with Gasteiger partial charge in [0.1, 0.15) is 5.58 Å². The van der Waals surface area contributed by atoms with Gasteiger partial charge in [0.25, 0.3) is 17.5 Å². The highest BCUT2D eigenvalue weighted by atomic mass is 16.6. The standard InChI is InChI=1S/C22H19N3O5/c1-14(2)13-23-10-11-24(21(26)15-6-4-3-5-7-15)22(27)20-19(23)17-12-16(25(28)29)8-9-18(17)30-20/h3-9,12H,1,10-11,13H2,2H3. The Bertz CT molecular complexity index is 1180. The van der Waals surface area contributed by atoms with Crippen LogP contribution in [-0.2, 0) is 0 Å². The van der Waals surface area contributed by atoms with Crippen LogP contribution in [-0.4, -0.2) is 41.3 Å². The molecule has 0 spiro atoms. The lowest BCUT2D eigenvalue weighted by atomic mass is 10.1.